The molecular formula is C19H18N2O. The summed E-state index contributed by atoms with van der Waals surface area (Å²) in [4.78, 5) is 20.1. The lowest BCUT2D eigenvalue weighted by atomic mass is 9.78. The van der Waals surface area contributed by atoms with Crippen LogP contribution in [0.3, 0.4) is 0 Å². The summed E-state index contributed by atoms with van der Waals surface area (Å²) in [5, 5.41) is 0. The number of anilines is 1. The molecule has 0 saturated carbocycles. The highest BCUT2D eigenvalue weighted by Gasteiger charge is 2.49. The summed E-state index contributed by atoms with van der Waals surface area (Å²) >= 11 is 0. The van der Waals surface area contributed by atoms with E-state index in [9.17, 15) is 4.79 Å². The van der Waals surface area contributed by atoms with Gasteiger partial charge in [0, 0.05) is 17.8 Å². The van der Waals surface area contributed by atoms with Gasteiger partial charge in [-0.15, -0.1) is 0 Å². The number of benzene rings is 2. The summed E-state index contributed by atoms with van der Waals surface area (Å²) in [7, 11) is 0. The van der Waals surface area contributed by atoms with Gasteiger partial charge in [-0.3, -0.25) is 4.79 Å². The summed E-state index contributed by atoms with van der Waals surface area (Å²) in [6.45, 7) is 4.88. The third-order valence-corrected chi connectivity index (χ3v) is 4.78. The van der Waals surface area contributed by atoms with Gasteiger partial charge in [0.25, 0.3) is 0 Å². The van der Waals surface area contributed by atoms with Crippen molar-refractivity contribution in [2.45, 2.75) is 20.3 Å². The van der Waals surface area contributed by atoms with Crippen LogP contribution in [0.4, 0.5) is 11.4 Å². The van der Waals surface area contributed by atoms with Crippen molar-refractivity contribution in [1.29, 1.82) is 0 Å². The van der Waals surface area contributed by atoms with Crippen molar-refractivity contribution in [1.82, 2.24) is 0 Å². The highest BCUT2D eigenvalue weighted by molar-refractivity contribution is 6.25. The molecule has 2 aliphatic rings. The molecule has 110 valence electrons. The number of ketones is 1. The first-order valence-electron chi connectivity index (χ1n) is 7.67. The number of aryl methyl sites for hydroxylation is 1. The number of carbonyl (C=O) groups excluding carboxylic acids is 1. The summed E-state index contributed by atoms with van der Waals surface area (Å²) < 4.78 is 0. The third kappa shape index (κ3) is 1.75. The number of Topliss-reactive ketones (excluding diaryl/α,β-unsaturated/α-hetero) is 1. The number of rotatable bonds is 1. The van der Waals surface area contributed by atoms with Gasteiger partial charge in [0.15, 0.2) is 5.78 Å². The monoisotopic (exact) mass is 290 g/mol. The summed E-state index contributed by atoms with van der Waals surface area (Å²) in [6, 6.07) is 16.1. The van der Waals surface area contributed by atoms with Crippen LogP contribution in [0.5, 0.6) is 0 Å². The molecule has 0 N–H and O–H groups in total. The van der Waals surface area contributed by atoms with Crippen molar-refractivity contribution >= 4 is 23.0 Å². The van der Waals surface area contributed by atoms with Gasteiger partial charge in [-0.05, 0) is 44.5 Å². The van der Waals surface area contributed by atoms with E-state index in [-0.39, 0.29) is 5.78 Å². The van der Waals surface area contributed by atoms with Gasteiger partial charge in [0.2, 0.25) is 0 Å². The lowest BCUT2D eigenvalue weighted by Crippen LogP contribution is -2.40. The Morgan fingerprint density at radius 2 is 1.91 bits per heavy atom. The van der Waals surface area contributed by atoms with E-state index in [0.29, 0.717) is 0 Å². The van der Waals surface area contributed by atoms with Crippen LogP contribution in [0.25, 0.3) is 0 Å². The van der Waals surface area contributed by atoms with E-state index in [0.717, 1.165) is 41.3 Å². The summed E-state index contributed by atoms with van der Waals surface area (Å²) in [6.07, 6.45) is 0.812. The Kier molecular flexibility index (Phi) is 2.73. The predicted molar refractivity (Wildman–Crippen MR) is 89.1 cm³/mol. The molecule has 1 atom stereocenters. The number of hydrogen-bond donors (Lipinski definition) is 0. The van der Waals surface area contributed by atoms with Gasteiger partial charge in [-0.1, -0.05) is 29.8 Å². The van der Waals surface area contributed by atoms with Crippen molar-refractivity contribution < 1.29 is 4.79 Å². The molecule has 2 aromatic carbocycles. The minimum atomic E-state index is -0.503. The molecule has 0 aromatic heterocycles. The fourth-order valence-corrected chi connectivity index (χ4v) is 3.45. The molecule has 2 aliphatic heterocycles. The van der Waals surface area contributed by atoms with Gasteiger partial charge in [0.1, 0.15) is 5.84 Å². The number of amidine groups is 1. The average molecular weight is 290 g/mol. The number of carbonyl (C=O) groups is 1. The maximum atomic E-state index is 13.0. The lowest BCUT2D eigenvalue weighted by Gasteiger charge is -2.31. The highest BCUT2D eigenvalue weighted by Crippen LogP contribution is 2.44. The van der Waals surface area contributed by atoms with Gasteiger partial charge < -0.3 is 4.90 Å². The fourth-order valence-electron chi connectivity index (χ4n) is 3.45. The Morgan fingerprint density at radius 1 is 1.14 bits per heavy atom. The quantitative estimate of drug-likeness (QED) is 0.790. The fraction of sp³-hybridized carbons (Fsp3) is 0.263. The van der Waals surface area contributed by atoms with Crippen molar-refractivity contribution in [3.63, 3.8) is 0 Å². The van der Waals surface area contributed by atoms with Crippen molar-refractivity contribution in [3.8, 4) is 0 Å². The molecule has 3 heteroatoms. The van der Waals surface area contributed by atoms with E-state index in [2.05, 4.69) is 17.0 Å². The molecule has 1 unspecified atom stereocenters. The second-order valence-corrected chi connectivity index (χ2v) is 6.35. The Labute approximate surface area is 130 Å². The third-order valence-electron chi connectivity index (χ3n) is 4.78. The molecule has 0 bridgehead atoms. The van der Waals surface area contributed by atoms with E-state index >= 15 is 0 Å². The van der Waals surface area contributed by atoms with Crippen LogP contribution < -0.4 is 4.90 Å². The van der Waals surface area contributed by atoms with Crippen LogP contribution in [0.2, 0.25) is 0 Å². The SMILES string of the molecule is Cc1ccc2c(c1)C(=O)C1(C)CCN(c3ccccc3)C1=N2. The van der Waals surface area contributed by atoms with E-state index in [4.69, 9.17) is 4.99 Å². The summed E-state index contributed by atoms with van der Waals surface area (Å²) in [5.41, 5.74) is 3.27. The molecule has 22 heavy (non-hydrogen) atoms. The predicted octanol–water partition coefficient (Wildman–Crippen LogP) is 4.14. The normalized spacial score (nSPS) is 23.1. The first-order chi connectivity index (χ1) is 10.6. The second kappa shape index (κ2) is 4.54. The number of para-hydroxylation sites is 1. The van der Waals surface area contributed by atoms with Gasteiger partial charge in [-0.2, -0.15) is 0 Å². The molecule has 0 aliphatic carbocycles. The molecule has 1 saturated heterocycles. The maximum absolute atomic E-state index is 13.0. The van der Waals surface area contributed by atoms with Crippen LogP contribution in [-0.4, -0.2) is 18.2 Å². The molecule has 0 spiro atoms. The van der Waals surface area contributed by atoms with Crippen LogP contribution in [0, 0.1) is 12.3 Å². The zero-order valence-corrected chi connectivity index (χ0v) is 12.8. The van der Waals surface area contributed by atoms with Crippen molar-refractivity contribution in [3.05, 3.63) is 59.7 Å². The van der Waals surface area contributed by atoms with Gasteiger partial charge in [-0.25, -0.2) is 4.99 Å². The molecule has 0 amide bonds. The maximum Gasteiger partial charge on any atom is 0.178 e. The molecule has 1 fully saturated rings. The van der Waals surface area contributed by atoms with Gasteiger partial charge in [0.05, 0.1) is 11.1 Å². The molecule has 3 nitrogen and oxygen atoms in total. The molecule has 0 radical (unpaired) electrons. The topological polar surface area (TPSA) is 32.7 Å². The van der Waals surface area contributed by atoms with Gasteiger partial charge >= 0.3 is 0 Å². The van der Waals surface area contributed by atoms with Crippen LogP contribution in [0.15, 0.2) is 53.5 Å². The number of hydrogen-bond acceptors (Lipinski definition) is 3. The smallest absolute Gasteiger partial charge is 0.178 e. The lowest BCUT2D eigenvalue weighted by molar-refractivity contribution is 0.0887. The highest BCUT2D eigenvalue weighted by atomic mass is 16.1. The first-order valence-corrected chi connectivity index (χ1v) is 7.67. The molecular weight excluding hydrogens is 272 g/mol. The van der Waals surface area contributed by atoms with E-state index in [1.54, 1.807) is 0 Å². The minimum absolute atomic E-state index is 0.203. The second-order valence-electron chi connectivity index (χ2n) is 6.35. The largest absolute Gasteiger partial charge is 0.329 e. The number of aliphatic imine (C=N–C) groups is 1. The van der Waals surface area contributed by atoms with Crippen LogP contribution in [0.1, 0.15) is 29.3 Å². The van der Waals surface area contributed by atoms with Crippen molar-refractivity contribution in [2.75, 3.05) is 11.4 Å². The van der Waals surface area contributed by atoms with Crippen molar-refractivity contribution in [2.24, 2.45) is 10.4 Å². The Morgan fingerprint density at radius 3 is 2.68 bits per heavy atom. The molecule has 4 rings (SSSR count). The van der Waals surface area contributed by atoms with E-state index in [1.807, 2.05) is 50.2 Å². The zero-order chi connectivity index (χ0) is 15.3. The van der Waals surface area contributed by atoms with E-state index < -0.39 is 5.41 Å². The van der Waals surface area contributed by atoms with Crippen LogP contribution >= 0.6 is 0 Å². The summed E-state index contributed by atoms with van der Waals surface area (Å²) in [5.74, 6) is 1.09. The number of fused-ring (bicyclic) bond motifs is 2. The Bertz CT molecular complexity index is 794. The Balaban J connectivity index is 1.88. The molecule has 2 aromatic rings. The average Bonchev–Trinajstić information content (AvgIpc) is 2.88. The number of nitrogens with zero attached hydrogens (tertiary/aromatic N) is 2. The minimum Gasteiger partial charge on any atom is -0.329 e. The molecule has 2 heterocycles. The van der Waals surface area contributed by atoms with E-state index in [1.165, 1.54) is 0 Å². The Hall–Kier alpha value is -2.42. The van der Waals surface area contributed by atoms with Crippen LogP contribution in [-0.2, 0) is 0 Å². The standard InChI is InChI=1S/C19H18N2O/c1-13-8-9-16-15(12-13)17(22)19(2)10-11-21(18(19)20-16)14-6-4-3-5-7-14/h3-9,12H,10-11H2,1-2H3. The first kappa shape index (κ1) is 13.3. The zero-order valence-electron chi connectivity index (χ0n) is 12.8.